The Morgan fingerprint density at radius 1 is 0.696 bits per heavy atom. The van der Waals surface area contributed by atoms with Crippen LogP contribution < -0.4 is 0 Å². The first kappa shape index (κ1) is 19.4. The van der Waals surface area contributed by atoms with Crippen molar-refractivity contribution < 1.29 is 4.48 Å². The average Bonchev–Trinajstić information content (AvgIpc) is 2.56. The van der Waals surface area contributed by atoms with Crippen molar-refractivity contribution in [3.8, 4) is 0 Å². The number of rotatable bonds is 11. The van der Waals surface area contributed by atoms with Gasteiger partial charge in [0.05, 0.1) is 0 Å². The van der Waals surface area contributed by atoms with Crippen LogP contribution in [0.2, 0.25) is 0 Å². The molecule has 0 unspecified atom stereocenters. The Morgan fingerprint density at radius 2 is 1.13 bits per heavy atom. The maximum Gasteiger partial charge on any atom is 0.117 e. The van der Waals surface area contributed by atoms with E-state index >= 15 is 0 Å². The Kier molecular flexibility index (Phi) is 10.1. The first-order valence-corrected chi connectivity index (χ1v) is 9.20. The second kappa shape index (κ2) is 11.9. The van der Waals surface area contributed by atoms with Gasteiger partial charge in [0.1, 0.15) is 25.1 Å². The molecule has 0 aliphatic rings. The van der Waals surface area contributed by atoms with E-state index in [1.54, 1.807) is 0 Å². The van der Waals surface area contributed by atoms with Crippen molar-refractivity contribution in [2.75, 3.05) is 0 Å². The summed E-state index contributed by atoms with van der Waals surface area (Å²) < 4.78 is 0.782. The summed E-state index contributed by atoms with van der Waals surface area (Å²) in [5, 5.41) is 0. The van der Waals surface area contributed by atoms with Crippen LogP contribution in [0.15, 0.2) is 67.2 Å². The molecule has 126 valence electrons. The van der Waals surface area contributed by atoms with Crippen LogP contribution in [0.25, 0.3) is 0 Å². The zero-order valence-electron chi connectivity index (χ0n) is 15.2. The number of hydrogen-bond acceptors (Lipinski definition) is 0. The molecule has 0 heterocycles. The standard InChI is InChI=1S/C22H34N/c1-4-7-13-18-23(19-14-8-5-2,20-15-9-6-3)21-22-16-11-10-12-17-22/h10-20H,4-9,21H2,1-3H3/q+1/b18-13-,19-14+,20-15+. The van der Waals surface area contributed by atoms with Gasteiger partial charge in [-0.2, -0.15) is 0 Å². The van der Waals surface area contributed by atoms with Gasteiger partial charge < -0.3 is 0 Å². The number of unbranched alkanes of at least 4 members (excludes halogenated alkanes) is 3. The van der Waals surface area contributed by atoms with Crippen molar-refractivity contribution in [2.24, 2.45) is 0 Å². The third-order valence-corrected chi connectivity index (χ3v) is 3.81. The van der Waals surface area contributed by atoms with Crippen molar-refractivity contribution in [3.63, 3.8) is 0 Å². The second-order valence-corrected chi connectivity index (χ2v) is 6.16. The lowest BCUT2D eigenvalue weighted by atomic mass is 10.2. The van der Waals surface area contributed by atoms with E-state index in [1.165, 1.54) is 24.8 Å². The van der Waals surface area contributed by atoms with E-state index in [2.05, 4.69) is 87.9 Å². The van der Waals surface area contributed by atoms with E-state index in [9.17, 15) is 0 Å². The largest absolute Gasteiger partial charge is 0.242 e. The van der Waals surface area contributed by atoms with Crippen LogP contribution in [-0.4, -0.2) is 4.48 Å². The van der Waals surface area contributed by atoms with Crippen molar-refractivity contribution in [2.45, 2.75) is 65.8 Å². The summed E-state index contributed by atoms with van der Waals surface area (Å²) in [6.07, 6.45) is 21.0. The summed E-state index contributed by atoms with van der Waals surface area (Å²) in [5.41, 5.74) is 1.37. The molecule has 0 atom stereocenters. The smallest absolute Gasteiger partial charge is 0.117 e. The molecule has 0 amide bonds. The molecule has 0 aliphatic carbocycles. The number of nitrogens with zero attached hydrogens (tertiary/aromatic N) is 1. The van der Waals surface area contributed by atoms with Gasteiger partial charge >= 0.3 is 0 Å². The van der Waals surface area contributed by atoms with Gasteiger partial charge in [0.25, 0.3) is 0 Å². The molecule has 1 aromatic carbocycles. The van der Waals surface area contributed by atoms with Gasteiger partial charge in [0.15, 0.2) is 0 Å². The maximum absolute atomic E-state index is 2.36. The summed E-state index contributed by atoms with van der Waals surface area (Å²) in [4.78, 5) is 0. The fraction of sp³-hybridized carbons (Fsp3) is 0.455. The van der Waals surface area contributed by atoms with Gasteiger partial charge in [-0.05, 0) is 37.5 Å². The quantitative estimate of drug-likeness (QED) is 0.388. The fourth-order valence-electron chi connectivity index (χ4n) is 2.52. The monoisotopic (exact) mass is 312 g/mol. The molecule has 0 aromatic heterocycles. The molecule has 0 radical (unpaired) electrons. The molecule has 0 spiro atoms. The Labute approximate surface area is 143 Å². The van der Waals surface area contributed by atoms with E-state index in [0.717, 1.165) is 30.3 Å². The second-order valence-electron chi connectivity index (χ2n) is 6.16. The maximum atomic E-state index is 2.36. The van der Waals surface area contributed by atoms with E-state index in [1.807, 2.05) is 0 Å². The van der Waals surface area contributed by atoms with Gasteiger partial charge in [0, 0.05) is 5.56 Å². The molecule has 1 rings (SSSR count). The molecule has 0 N–H and O–H groups in total. The normalized spacial score (nSPS) is 12.8. The highest BCUT2D eigenvalue weighted by molar-refractivity contribution is 5.14. The van der Waals surface area contributed by atoms with E-state index in [4.69, 9.17) is 0 Å². The summed E-state index contributed by atoms with van der Waals surface area (Å²) >= 11 is 0. The van der Waals surface area contributed by atoms with Gasteiger partial charge in [-0.15, -0.1) is 0 Å². The zero-order valence-corrected chi connectivity index (χ0v) is 15.2. The van der Waals surface area contributed by atoms with Crippen molar-refractivity contribution in [1.82, 2.24) is 0 Å². The average molecular weight is 313 g/mol. The van der Waals surface area contributed by atoms with Gasteiger partial charge in [-0.1, -0.05) is 70.4 Å². The number of hydrogen-bond donors (Lipinski definition) is 0. The Bertz CT molecular complexity index is 441. The molecular formula is C22H34N+. The first-order chi connectivity index (χ1) is 11.3. The van der Waals surface area contributed by atoms with Crippen molar-refractivity contribution in [1.29, 1.82) is 0 Å². The number of allylic oxidation sites excluding steroid dienone is 3. The highest BCUT2D eigenvalue weighted by Crippen LogP contribution is 2.20. The lowest BCUT2D eigenvalue weighted by Gasteiger charge is -2.27. The van der Waals surface area contributed by atoms with Crippen LogP contribution in [0.5, 0.6) is 0 Å². The molecule has 0 fully saturated rings. The zero-order chi connectivity index (χ0) is 16.8. The minimum Gasteiger partial charge on any atom is -0.242 e. The third-order valence-electron chi connectivity index (χ3n) is 3.81. The van der Waals surface area contributed by atoms with Crippen molar-refractivity contribution >= 4 is 0 Å². The molecular weight excluding hydrogens is 278 g/mol. The van der Waals surface area contributed by atoms with Crippen LogP contribution in [0.4, 0.5) is 0 Å². The third kappa shape index (κ3) is 7.99. The van der Waals surface area contributed by atoms with Crippen LogP contribution in [0, 0.1) is 0 Å². The van der Waals surface area contributed by atoms with Crippen LogP contribution in [-0.2, 0) is 6.54 Å². The predicted octanol–water partition coefficient (Wildman–Crippen LogP) is 6.94. The van der Waals surface area contributed by atoms with E-state index in [-0.39, 0.29) is 0 Å². The lowest BCUT2D eigenvalue weighted by molar-refractivity contribution is -0.788. The minimum atomic E-state index is 0.782. The van der Waals surface area contributed by atoms with Crippen molar-refractivity contribution in [3.05, 3.63) is 72.7 Å². The number of quaternary nitrogens is 1. The summed E-state index contributed by atoms with van der Waals surface area (Å²) in [7, 11) is 0. The highest BCUT2D eigenvalue weighted by Gasteiger charge is 2.19. The summed E-state index contributed by atoms with van der Waals surface area (Å²) in [6.45, 7) is 7.67. The summed E-state index contributed by atoms with van der Waals surface area (Å²) in [6, 6.07) is 10.8. The van der Waals surface area contributed by atoms with Crippen LogP contribution in [0.1, 0.15) is 64.9 Å². The Morgan fingerprint density at radius 3 is 1.52 bits per heavy atom. The van der Waals surface area contributed by atoms with Crippen LogP contribution in [0.3, 0.4) is 0 Å². The first-order valence-electron chi connectivity index (χ1n) is 9.20. The molecule has 23 heavy (non-hydrogen) atoms. The van der Waals surface area contributed by atoms with Crippen LogP contribution >= 0.6 is 0 Å². The SMILES string of the molecule is CCC/C=C\[N+](/C=C/CCC)(/C=C/CCC)Cc1ccccc1. The fourth-order valence-corrected chi connectivity index (χ4v) is 2.52. The minimum absolute atomic E-state index is 0.782. The molecule has 0 bridgehead atoms. The molecule has 1 nitrogen and oxygen atoms in total. The predicted molar refractivity (Wildman–Crippen MR) is 103 cm³/mol. The Balaban J connectivity index is 3.08. The lowest BCUT2D eigenvalue weighted by Crippen LogP contribution is -2.30. The van der Waals surface area contributed by atoms with Gasteiger partial charge in [-0.25, -0.2) is 4.48 Å². The topological polar surface area (TPSA) is 0 Å². The molecule has 0 saturated heterocycles. The summed E-state index contributed by atoms with van der Waals surface area (Å²) in [5.74, 6) is 0. The van der Waals surface area contributed by atoms with E-state index in [0.29, 0.717) is 0 Å². The van der Waals surface area contributed by atoms with Gasteiger partial charge in [-0.3, -0.25) is 0 Å². The highest BCUT2D eigenvalue weighted by atomic mass is 15.3. The number of benzene rings is 1. The molecule has 0 aliphatic heterocycles. The van der Waals surface area contributed by atoms with E-state index < -0.39 is 0 Å². The molecule has 1 heteroatoms. The molecule has 0 saturated carbocycles. The van der Waals surface area contributed by atoms with Gasteiger partial charge in [0.2, 0.25) is 0 Å². The Hall–Kier alpha value is -1.60. The molecule has 1 aromatic rings.